The van der Waals surface area contributed by atoms with Crippen molar-refractivity contribution in [3.8, 4) is 0 Å². The molecule has 1 aliphatic rings. The Balaban J connectivity index is 2.49. The lowest BCUT2D eigenvalue weighted by Gasteiger charge is -2.20. The molecule has 0 radical (unpaired) electrons. The minimum atomic E-state index is -0.712. The molecule has 0 bridgehead atoms. The Morgan fingerprint density at radius 3 is 3.00 bits per heavy atom. The summed E-state index contributed by atoms with van der Waals surface area (Å²) in [6.45, 7) is 6.93. The molecule has 4 heteroatoms. The fourth-order valence-corrected chi connectivity index (χ4v) is 0.775. The molecule has 0 saturated heterocycles. The van der Waals surface area contributed by atoms with Gasteiger partial charge in [0.05, 0.1) is 0 Å². The molecule has 1 aliphatic heterocycles. The summed E-state index contributed by atoms with van der Waals surface area (Å²) in [7, 11) is 0. The highest BCUT2D eigenvalue weighted by molar-refractivity contribution is 5.81. The lowest BCUT2D eigenvalue weighted by molar-refractivity contribution is -0.166. The fourth-order valence-electron chi connectivity index (χ4n) is 0.775. The van der Waals surface area contributed by atoms with Crippen LogP contribution in [-0.4, -0.2) is 11.8 Å². The van der Waals surface area contributed by atoms with E-state index in [1.165, 1.54) is 6.26 Å². The summed E-state index contributed by atoms with van der Waals surface area (Å²) in [4.78, 5) is 10.8. The van der Waals surface area contributed by atoms with Crippen LogP contribution in [0.1, 0.15) is 20.3 Å². The van der Waals surface area contributed by atoms with Crippen LogP contribution in [0.3, 0.4) is 0 Å². The summed E-state index contributed by atoms with van der Waals surface area (Å²) < 4.78 is 15.1. The molecule has 0 spiro atoms. The molecule has 72 valence electrons. The van der Waals surface area contributed by atoms with Crippen LogP contribution in [0.4, 0.5) is 0 Å². The summed E-state index contributed by atoms with van der Waals surface area (Å²) in [5.74, 6) is -1.19. The van der Waals surface area contributed by atoms with Gasteiger partial charge in [-0.25, -0.2) is 4.79 Å². The number of carbonyl (C=O) groups excluding carboxylic acids is 1. The van der Waals surface area contributed by atoms with Crippen molar-refractivity contribution in [3.63, 3.8) is 0 Å². The summed E-state index contributed by atoms with van der Waals surface area (Å²) in [5, 5.41) is 0. The van der Waals surface area contributed by atoms with E-state index in [4.69, 9.17) is 14.2 Å². The van der Waals surface area contributed by atoms with Crippen LogP contribution in [0.5, 0.6) is 0 Å². The van der Waals surface area contributed by atoms with Crippen LogP contribution in [-0.2, 0) is 19.0 Å². The molecular weight excluding hydrogens is 172 g/mol. The van der Waals surface area contributed by atoms with E-state index in [-0.39, 0.29) is 5.95 Å². The zero-order valence-electron chi connectivity index (χ0n) is 7.70. The number of hydrogen-bond donors (Lipinski definition) is 0. The van der Waals surface area contributed by atoms with E-state index in [0.717, 1.165) is 6.08 Å². The van der Waals surface area contributed by atoms with Crippen molar-refractivity contribution in [1.29, 1.82) is 0 Å². The van der Waals surface area contributed by atoms with E-state index < -0.39 is 11.8 Å². The first kappa shape index (κ1) is 9.64. The topological polar surface area (TPSA) is 44.8 Å². The molecule has 0 aromatic rings. The largest absolute Gasteiger partial charge is 0.453 e. The number of esters is 1. The number of hydrogen-bond acceptors (Lipinski definition) is 4. The van der Waals surface area contributed by atoms with Gasteiger partial charge in [-0.3, -0.25) is 0 Å². The van der Waals surface area contributed by atoms with Gasteiger partial charge >= 0.3 is 11.9 Å². The van der Waals surface area contributed by atoms with Crippen LogP contribution in [0, 0.1) is 0 Å². The summed E-state index contributed by atoms with van der Waals surface area (Å²) >= 11 is 0. The van der Waals surface area contributed by atoms with Crippen LogP contribution in [0.15, 0.2) is 24.9 Å². The maximum absolute atomic E-state index is 10.8. The molecule has 1 atom stereocenters. The van der Waals surface area contributed by atoms with Crippen molar-refractivity contribution in [1.82, 2.24) is 0 Å². The van der Waals surface area contributed by atoms with Gasteiger partial charge in [0.1, 0.15) is 0 Å². The Labute approximate surface area is 76.8 Å². The van der Waals surface area contributed by atoms with Crippen LogP contribution < -0.4 is 0 Å². The molecule has 0 saturated carbocycles. The predicted molar refractivity (Wildman–Crippen MR) is 45.2 cm³/mol. The van der Waals surface area contributed by atoms with Crippen molar-refractivity contribution >= 4 is 5.97 Å². The minimum absolute atomic E-state index is 0.0780. The van der Waals surface area contributed by atoms with E-state index in [2.05, 4.69) is 6.58 Å². The van der Waals surface area contributed by atoms with Gasteiger partial charge in [-0.15, -0.1) is 0 Å². The van der Waals surface area contributed by atoms with Crippen LogP contribution in [0.2, 0.25) is 0 Å². The van der Waals surface area contributed by atoms with Crippen LogP contribution >= 0.6 is 0 Å². The van der Waals surface area contributed by atoms with Crippen molar-refractivity contribution in [2.45, 2.75) is 26.1 Å². The molecular formula is C9H12O4. The van der Waals surface area contributed by atoms with Crippen molar-refractivity contribution < 1.29 is 19.0 Å². The Morgan fingerprint density at radius 2 is 2.54 bits per heavy atom. The van der Waals surface area contributed by atoms with Crippen molar-refractivity contribution in [2.24, 2.45) is 0 Å². The van der Waals surface area contributed by atoms with Crippen molar-refractivity contribution in [2.75, 3.05) is 0 Å². The normalized spacial score (nSPS) is 25.5. The SMILES string of the molecule is C=CC(=O)OC1=COC(C)(CC)O1. The van der Waals surface area contributed by atoms with E-state index in [1.54, 1.807) is 6.92 Å². The van der Waals surface area contributed by atoms with E-state index >= 15 is 0 Å². The van der Waals surface area contributed by atoms with Gasteiger partial charge in [-0.2, -0.15) is 0 Å². The highest BCUT2D eigenvalue weighted by atomic mass is 16.8. The summed E-state index contributed by atoms with van der Waals surface area (Å²) in [6.07, 6.45) is 3.01. The highest BCUT2D eigenvalue weighted by Crippen LogP contribution is 2.28. The molecule has 1 heterocycles. The first-order valence-corrected chi connectivity index (χ1v) is 4.01. The summed E-state index contributed by atoms with van der Waals surface area (Å²) in [5.41, 5.74) is 0. The minimum Gasteiger partial charge on any atom is -0.453 e. The number of rotatable bonds is 3. The predicted octanol–water partition coefficient (Wildman–Crippen LogP) is 1.69. The second-order valence-electron chi connectivity index (χ2n) is 2.77. The molecule has 1 rings (SSSR count). The van der Waals surface area contributed by atoms with Gasteiger partial charge in [-0.1, -0.05) is 13.5 Å². The third-order valence-corrected chi connectivity index (χ3v) is 1.73. The van der Waals surface area contributed by atoms with Gasteiger partial charge in [0.2, 0.25) is 0 Å². The zero-order chi connectivity index (χ0) is 9.90. The van der Waals surface area contributed by atoms with E-state index in [1.807, 2.05) is 6.92 Å². The fraction of sp³-hybridized carbons (Fsp3) is 0.444. The second-order valence-corrected chi connectivity index (χ2v) is 2.77. The first-order valence-electron chi connectivity index (χ1n) is 4.01. The van der Waals surface area contributed by atoms with Gasteiger partial charge in [-0.05, 0) is 0 Å². The number of ether oxygens (including phenoxy) is 3. The smallest absolute Gasteiger partial charge is 0.338 e. The molecule has 13 heavy (non-hydrogen) atoms. The molecule has 4 nitrogen and oxygen atoms in total. The molecule has 0 fully saturated rings. The standard InChI is InChI=1S/C9H12O4/c1-4-7(10)12-8-6-11-9(3,5-2)13-8/h4,6H,1,5H2,2-3H3. The zero-order valence-corrected chi connectivity index (χ0v) is 7.70. The van der Waals surface area contributed by atoms with E-state index in [0.29, 0.717) is 6.42 Å². The van der Waals surface area contributed by atoms with Gasteiger partial charge in [0, 0.05) is 19.4 Å². The van der Waals surface area contributed by atoms with E-state index in [9.17, 15) is 4.79 Å². The lowest BCUT2D eigenvalue weighted by atomic mass is 10.2. The molecule has 0 amide bonds. The molecule has 1 unspecified atom stereocenters. The third kappa shape index (κ3) is 2.24. The van der Waals surface area contributed by atoms with Gasteiger partial charge in [0.25, 0.3) is 5.79 Å². The van der Waals surface area contributed by atoms with Gasteiger partial charge in [0.15, 0.2) is 6.26 Å². The summed E-state index contributed by atoms with van der Waals surface area (Å²) in [6, 6.07) is 0. The maximum Gasteiger partial charge on any atom is 0.338 e. The molecule has 0 aliphatic carbocycles. The molecule has 0 aromatic carbocycles. The number of carbonyl (C=O) groups is 1. The highest BCUT2D eigenvalue weighted by Gasteiger charge is 2.33. The monoisotopic (exact) mass is 184 g/mol. The van der Waals surface area contributed by atoms with Crippen LogP contribution in [0.25, 0.3) is 0 Å². The Morgan fingerprint density at radius 1 is 1.85 bits per heavy atom. The average molecular weight is 184 g/mol. The third-order valence-electron chi connectivity index (χ3n) is 1.73. The Bertz CT molecular complexity index is 256. The average Bonchev–Trinajstić information content (AvgIpc) is 2.48. The maximum atomic E-state index is 10.8. The lowest BCUT2D eigenvalue weighted by Crippen LogP contribution is -2.24. The Hall–Kier alpha value is -1.45. The first-order chi connectivity index (χ1) is 6.09. The molecule has 0 aromatic heterocycles. The Kier molecular flexibility index (Phi) is 2.60. The van der Waals surface area contributed by atoms with Crippen molar-refractivity contribution in [3.05, 3.63) is 24.9 Å². The quantitative estimate of drug-likeness (QED) is 0.494. The van der Waals surface area contributed by atoms with Gasteiger partial charge < -0.3 is 14.2 Å². The second kappa shape index (κ2) is 3.51. The molecule has 0 N–H and O–H groups in total.